The Morgan fingerprint density at radius 2 is 2.26 bits per heavy atom. The molecule has 2 atom stereocenters. The monoisotopic (exact) mass is 331 g/mol. The molecule has 1 aromatic heterocycles. The summed E-state index contributed by atoms with van der Waals surface area (Å²) in [5.41, 5.74) is 2.67. The Labute approximate surface area is 140 Å². The third kappa shape index (κ3) is 3.41. The topological polar surface area (TPSA) is 58.6 Å². The minimum atomic E-state index is -0.112. The minimum Gasteiger partial charge on any atom is -0.494 e. The molecule has 1 amide bonds. The number of benzene rings is 1. The van der Waals surface area contributed by atoms with Crippen LogP contribution >= 0.6 is 11.3 Å². The number of aliphatic hydroxyl groups is 1. The van der Waals surface area contributed by atoms with Crippen molar-refractivity contribution >= 4 is 22.9 Å². The van der Waals surface area contributed by atoms with Crippen LogP contribution in [0.4, 0.5) is 5.69 Å². The molecule has 0 bridgehead atoms. The molecule has 2 aromatic rings. The summed E-state index contributed by atoms with van der Waals surface area (Å²) >= 11 is 1.73. The van der Waals surface area contributed by atoms with Crippen molar-refractivity contribution in [3.63, 3.8) is 0 Å². The number of carbonyl (C=O) groups is 1. The van der Waals surface area contributed by atoms with E-state index in [2.05, 4.69) is 23.7 Å². The summed E-state index contributed by atoms with van der Waals surface area (Å²) < 4.78 is 5.46. The van der Waals surface area contributed by atoms with Crippen molar-refractivity contribution in [1.29, 1.82) is 0 Å². The fraction of sp³-hybridized carbons (Fsp3) is 0.389. The molecule has 0 radical (unpaired) electrons. The molecule has 1 fully saturated rings. The lowest BCUT2D eigenvalue weighted by atomic mass is 10.1. The maximum Gasteiger partial charge on any atom is 0.228 e. The number of nitrogens with one attached hydrogen (secondary N) is 1. The summed E-state index contributed by atoms with van der Waals surface area (Å²) in [7, 11) is 0. The van der Waals surface area contributed by atoms with E-state index in [0.717, 1.165) is 6.42 Å². The molecule has 23 heavy (non-hydrogen) atoms. The molecular weight excluding hydrogens is 310 g/mol. The molecule has 1 heterocycles. The van der Waals surface area contributed by atoms with Gasteiger partial charge in [0.2, 0.25) is 5.91 Å². The molecule has 1 aliphatic carbocycles. The van der Waals surface area contributed by atoms with Gasteiger partial charge in [0.25, 0.3) is 0 Å². The first-order valence-electron chi connectivity index (χ1n) is 7.85. The van der Waals surface area contributed by atoms with E-state index in [9.17, 15) is 9.90 Å². The van der Waals surface area contributed by atoms with Gasteiger partial charge < -0.3 is 15.2 Å². The number of anilines is 1. The Balaban J connectivity index is 1.66. The smallest absolute Gasteiger partial charge is 0.228 e. The van der Waals surface area contributed by atoms with Gasteiger partial charge in [0, 0.05) is 28.0 Å². The van der Waals surface area contributed by atoms with Gasteiger partial charge in [0.15, 0.2) is 0 Å². The molecule has 122 valence electrons. The average Bonchev–Trinajstić information content (AvgIpc) is 3.23. The summed E-state index contributed by atoms with van der Waals surface area (Å²) in [5, 5.41) is 14.5. The van der Waals surface area contributed by atoms with Gasteiger partial charge in [-0.2, -0.15) is 0 Å². The number of ether oxygens (including phenoxy) is 1. The van der Waals surface area contributed by atoms with Crippen LogP contribution < -0.4 is 10.1 Å². The van der Waals surface area contributed by atoms with E-state index in [1.807, 2.05) is 13.0 Å². The molecule has 5 heteroatoms. The summed E-state index contributed by atoms with van der Waals surface area (Å²) in [5.74, 6) is 1.12. The summed E-state index contributed by atoms with van der Waals surface area (Å²) in [6, 6.07) is 7.48. The molecule has 4 nitrogen and oxygen atoms in total. The van der Waals surface area contributed by atoms with Crippen molar-refractivity contribution in [2.75, 3.05) is 11.9 Å². The lowest BCUT2D eigenvalue weighted by molar-refractivity contribution is -0.117. The predicted molar refractivity (Wildman–Crippen MR) is 92.1 cm³/mol. The van der Waals surface area contributed by atoms with Crippen LogP contribution in [0.3, 0.4) is 0 Å². The van der Waals surface area contributed by atoms with Crippen molar-refractivity contribution in [1.82, 2.24) is 0 Å². The number of aliphatic hydroxyl groups excluding tert-OH is 1. The van der Waals surface area contributed by atoms with Crippen LogP contribution in [0.15, 0.2) is 29.6 Å². The van der Waals surface area contributed by atoms with E-state index in [-0.39, 0.29) is 18.4 Å². The maximum atomic E-state index is 12.4. The molecule has 1 aromatic carbocycles. The third-order valence-corrected chi connectivity index (χ3v) is 5.31. The van der Waals surface area contributed by atoms with Crippen LogP contribution in [0.5, 0.6) is 5.75 Å². The number of hydrogen-bond acceptors (Lipinski definition) is 4. The van der Waals surface area contributed by atoms with Gasteiger partial charge in [-0.3, -0.25) is 4.79 Å². The van der Waals surface area contributed by atoms with Crippen LogP contribution in [0.2, 0.25) is 0 Å². The van der Waals surface area contributed by atoms with Gasteiger partial charge in [-0.05, 0) is 55.5 Å². The SMILES string of the molecule is CCOc1ccc(NC(=O)C2CC2c2sccc2C)cc1CO. The number of amides is 1. The molecule has 0 saturated heterocycles. The first-order valence-corrected chi connectivity index (χ1v) is 8.73. The normalized spacial score (nSPS) is 19.4. The predicted octanol–water partition coefficient (Wildman–Crippen LogP) is 3.69. The zero-order valence-electron chi connectivity index (χ0n) is 13.3. The average molecular weight is 331 g/mol. The third-order valence-electron chi connectivity index (χ3n) is 4.16. The zero-order chi connectivity index (χ0) is 16.4. The Hall–Kier alpha value is -1.85. The second kappa shape index (κ2) is 6.72. The van der Waals surface area contributed by atoms with E-state index in [0.29, 0.717) is 29.5 Å². The number of hydrogen-bond donors (Lipinski definition) is 2. The molecule has 0 spiro atoms. The zero-order valence-corrected chi connectivity index (χ0v) is 14.2. The standard InChI is InChI=1S/C18H21NO3S/c1-3-22-16-5-4-13(8-12(16)10-20)19-18(21)15-9-14(15)17-11(2)6-7-23-17/h4-8,14-15,20H,3,9-10H2,1-2H3,(H,19,21). The van der Waals surface area contributed by atoms with Gasteiger partial charge in [-0.15, -0.1) is 11.3 Å². The summed E-state index contributed by atoms with van der Waals surface area (Å²) in [6.07, 6.45) is 0.914. The molecule has 3 rings (SSSR count). The second-order valence-corrected chi connectivity index (χ2v) is 6.77. The van der Waals surface area contributed by atoms with E-state index in [4.69, 9.17) is 4.74 Å². The van der Waals surface area contributed by atoms with Crippen LogP contribution in [0, 0.1) is 12.8 Å². The lowest BCUT2D eigenvalue weighted by Crippen LogP contribution is -2.14. The Morgan fingerprint density at radius 1 is 1.43 bits per heavy atom. The van der Waals surface area contributed by atoms with Crippen molar-refractivity contribution < 1.29 is 14.6 Å². The van der Waals surface area contributed by atoms with Gasteiger partial charge in [-0.25, -0.2) is 0 Å². The van der Waals surface area contributed by atoms with E-state index < -0.39 is 0 Å². The van der Waals surface area contributed by atoms with Crippen molar-refractivity contribution in [3.05, 3.63) is 45.6 Å². The molecule has 1 aliphatic rings. The Bertz CT molecular complexity index is 710. The highest BCUT2D eigenvalue weighted by atomic mass is 32.1. The molecule has 2 unspecified atom stereocenters. The molecular formula is C18H21NO3S. The highest BCUT2D eigenvalue weighted by Gasteiger charge is 2.45. The van der Waals surface area contributed by atoms with E-state index >= 15 is 0 Å². The lowest BCUT2D eigenvalue weighted by Gasteiger charge is -2.11. The highest BCUT2D eigenvalue weighted by molar-refractivity contribution is 7.10. The van der Waals surface area contributed by atoms with Crippen LogP contribution in [0.25, 0.3) is 0 Å². The first kappa shape index (κ1) is 16.0. The summed E-state index contributed by atoms with van der Waals surface area (Å²) in [6.45, 7) is 4.43. The first-order chi connectivity index (χ1) is 11.1. The number of carbonyl (C=O) groups excluding carboxylic acids is 1. The highest BCUT2D eigenvalue weighted by Crippen LogP contribution is 2.50. The molecule has 2 N–H and O–H groups in total. The quantitative estimate of drug-likeness (QED) is 0.849. The summed E-state index contributed by atoms with van der Waals surface area (Å²) in [4.78, 5) is 13.7. The van der Waals surface area contributed by atoms with Crippen molar-refractivity contribution in [2.24, 2.45) is 5.92 Å². The largest absolute Gasteiger partial charge is 0.494 e. The number of thiophene rings is 1. The van der Waals surface area contributed by atoms with E-state index in [1.54, 1.807) is 23.5 Å². The maximum absolute atomic E-state index is 12.4. The number of rotatable bonds is 6. The van der Waals surface area contributed by atoms with Gasteiger partial charge in [0.05, 0.1) is 13.2 Å². The Morgan fingerprint density at radius 3 is 2.91 bits per heavy atom. The van der Waals surface area contributed by atoms with Crippen molar-refractivity contribution in [2.45, 2.75) is 32.8 Å². The fourth-order valence-electron chi connectivity index (χ4n) is 2.85. The second-order valence-electron chi connectivity index (χ2n) is 5.82. The fourth-order valence-corrected chi connectivity index (χ4v) is 3.96. The van der Waals surface area contributed by atoms with Gasteiger partial charge in [-0.1, -0.05) is 0 Å². The van der Waals surface area contributed by atoms with Gasteiger partial charge in [0.1, 0.15) is 5.75 Å². The minimum absolute atomic E-state index is 0.0517. The molecule has 0 aliphatic heterocycles. The van der Waals surface area contributed by atoms with Crippen molar-refractivity contribution in [3.8, 4) is 5.75 Å². The van der Waals surface area contributed by atoms with E-state index in [1.165, 1.54) is 10.4 Å². The van der Waals surface area contributed by atoms with Gasteiger partial charge >= 0.3 is 0 Å². The Kier molecular flexibility index (Phi) is 4.68. The number of aryl methyl sites for hydroxylation is 1. The van der Waals surface area contributed by atoms with Crippen LogP contribution in [-0.4, -0.2) is 17.6 Å². The van der Waals surface area contributed by atoms with Crippen LogP contribution in [-0.2, 0) is 11.4 Å². The van der Waals surface area contributed by atoms with Crippen LogP contribution in [0.1, 0.15) is 35.3 Å². The molecule has 1 saturated carbocycles.